The molecule has 0 N–H and O–H groups in total. The molecule has 0 aliphatic rings. The summed E-state index contributed by atoms with van der Waals surface area (Å²) in [5.41, 5.74) is 0. The molecule has 0 amide bonds. The van der Waals surface area contributed by atoms with Crippen LogP contribution in [0.4, 0.5) is 0 Å². The van der Waals surface area contributed by atoms with Crippen molar-refractivity contribution < 1.29 is 94.0 Å². The first-order chi connectivity index (χ1) is 29.3. The van der Waals surface area contributed by atoms with Crippen LogP contribution in [0.15, 0.2) is 0 Å². The van der Waals surface area contributed by atoms with Crippen molar-refractivity contribution >= 4 is 12.6 Å². The Hall–Kier alpha value is 1.39. The van der Waals surface area contributed by atoms with Crippen molar-refractivity contribution in [2.75, 3.05) is 47.9 Å². The van der Waals surface area contributed by atoms with Crippen LogP contribution in [0.25, 0.3) is 0 Å². The fourth-order valence-corrected chi connectivity index (χ4v) is 0.167. The molecule has 0 saturated heterocycles. The second kappa shape index (κ2) is 919. The van der Waals surface area contributed by atoms with Crippen LogP contribution in [-0.4, -0.2) is 60.5 Å². The van der Waals surface area contributed by atoms with Crippen LogP contribution in [0.2, 0.25) is 0 Å². The molecule has 2 radical (unpaired) electrons. The van der Waals surface area contributed by atoms with Crippen molar-refractivity contribution in [3.63, 3.8) is 0 Å². The van der Waals surface area contributed by atoms with E-state index in [0.717, 1.165) is 19.8 Å². The molecule has 0 unspecified atom stereocenters. The van der Waals surface area contributed by atoms with Crippen molar-refractivity contribution in [1.29, 1.82) is 0 Å². The van der Waals surface area contributed by atoms with Crippen LogP contribution in [0, 0.1) is 13.8 Å². The summed E-state index contributed by atoms with van der Waals surface area (Å²) in [5, 5.41) is 0. The van der Waals surface area contributed by atoms with Gasteiger partial charge in [0.05, 0.1) is 0 Å². The van der Waals surface area contributed by atoms with Gasteiger partial charge in [0.2, 0.25) is 0 Å². The quantitative estimate of drug-likeness (QED) is 0.109. The minimum atomic E-state index is 0. The Morgan fingerprint density at radius 1 is 0.381 bits per heavy atom. The largest absolute Gasteiger partial charge is 0.545 e. The minimum absolute atomic E-state index is 0. The topological polar surface area (TPSA) is 71.1 Å². The third-order valence-electron chi connectivity index (χ3n) is 1.98. The number of carbonyl (C=O) groups is 1. The number of ketones is 1. The Balaban J connectivity index is -0.00000000958. The third kappa shape index (κ3) is 2710. The summed E-state index contributed by atoms with van der Waals surface area (Å²) in [6.07, 6.45) is 4.56. The molecule has 0 atom stereocenters. The Labute approximate surface area is 467 Å². The molecular formula is C55H151O6Y2-3. The van der Waals surface area contributed by atoms with Gasteiger partial charge in [0.25, 0.3) is 0 Å². The van der Waals surface area contributed by atoms with E-state index in [2.05, 4.69) is 62.5 Å². The first kappa shape index (κ1) is 176. The third-order valence-corrected chi connectivity index (χ3v) is 1.98. The van der Waals surface area contributed by atoms with Gasteiger partial charge in [-0.25, -0.2) is 0 Å². The maximum Gasteiger partial charge on any atom is 0.146 e. The van der Waals surface area contributed by atoms with Crippen molar-refractivity contribution in [3.05, 3.63) is 13.8 Å². The van der Waals surface area contributed by atoms with Crippen LogP contribution in [0.3, 0.4) is 0 Å². The van der Waals surface area contributed by atoms with Crippen LogP contribution >= 0.6 is 0 Å². The molecule has 416 valence electrons. The van der Waals surface area contributed by atoms with Crippen LogP contribution in [-0.2, 0) is 94.0 Å². The fraction of sp³-hybridized carbons (Fsp3) is 0.927. The predicted molar refractivity (Wildman–Crippen MR) is 311 cm³/mol. The summed E-state index contributed by atoms with van der Waals surface area (Å²) in [5.74, 6) is 0.255. The normalized spacial score (nSPS) is 4.76. The maximum absolute atomic E-state index is 9.81. The van der Waals surface area contributed by atoms with Gasteiger partial charge in [-0.3, -0.25) is 6.79 Å². The molecule has 0 aromatic rings. The average Bonchev–Trinajstić information content (AvgIpc) is 3.41. The number of rotatable bonds is 7. The van der Waals surface area contributed by atoms with E-state index in [9.17, 15) is 4.79 Å². The Bertz CT molecular complexity index is 179. The van der Waals surface area contributed by atoms with E-state index in [-0.39, 0.29) is 78.6 Å². The predicted octanol–water partition coefficient (Wildman–Crippen LogP) is 22.5. The summed E-state index contributed by atoms with van der Waals surface area (Å²) in [7, 11) is 4.97. The number of methoxy groups -OCH3 is 3. The zero-order valence-corrected chi connectivity index (χ0v) is 59.4. The fourth-order valence-electron chi connectivity index (χ4n) is 0.167. The summed E-state index contributed by atoms with van der Waals surface area (Å²) >= 11 is 0. The maximum atomic E-state index is 9.81. The Kier molecular flexibility index (Phi) is 2560. The molecule has 63 heavy (non-hydrogen) atoms. The van der Waals surface area contributed by atoms with E-state index >= 15 is 0 Å². The zero-order valence-electron chi connectivity index (χ0n) is 53.8. The molecule has 0 bridgehead atoms. The van der Waals surface area contributed by atoms with E-state index in [4.69, 9.17) is 9.53 Å². The second-order valence-corrected chi connectivity index (χ2v) is 4.82. The summed E-state index contributed by atoms with van der Waals surface area (Å²) in [6.45, 7) is 89.9. The van der Waals surface area contributed by atoms with Crippen LogP contribution < -0.4 is 0 Å². The smallest absolute Gasteiger partial charge is 0.146 e. The summed E-state index contributed by atoms with van der Waals surface area (Å²) in [6, 6.07) is 0. The van der Waals surface area contributed by atoms with Crippen LogP contribution in [0.1, 0.15) is 303 Å². The van der Waals surface area contributed by atoms with E-state index in [0.29, 0.717) is 13.2 Å². The first-order valence-electron chi connectivity index (χ1n) is 25.5. The van der Waals surface area contributed by atoms with Gasteiger partial charge in [-0.1, -0.05) is 255 Å². The van der Waals surface area contributed by atoms with Crippen molar-refractivity contribution in [1.82, 2.24) is 0 Å². The molecule has 6 nitrogen and oxygen atoms in total. The molecule has 0 aliphatic carbocycles. The van der Waals surface area contributed by atoms with E-state index < -0.39 is 0 Å². The minimum Gasteiger partial charge on any atom is -0.545 e. The first-order valence-corrected chi connectivity index (χ1v) is 25.5. The van der Waals surface area contributed by atoms with E-state index in [1.807, 2.05) is 222 Å². The number of carbonyl (C=O) groups excluding carboxylic acids is 2. The zero-order chi connectivity index (χ0) is 56.1. The van der Waals surface area contributed by atoms with E-state index in [1.54, 1.807) is 42.1 Å². The number of ether oxygens (including phenoxy) is 4. The molecule has 0 aromatic carbocycles. The Morgan fingerprint density at radius 2 is 0.492 bits per heavy atom. The van der Waals surface area contributed by atoms with E-state index in [1.165, 1.54) is 19.3 Å². The molecular weight excluding hydrogens is 934 g/mol. The van der Waals surface area contributed by atoms with Gasteiger partial charge < -0.3 is 42.4 Å². The molecule has 0 heterocycles. The monoisotopic (exact) mass is 1090 g/mol. The summed E-state index contributed by atoms with van der Waals surface area (Å²) < 4.78 is 18.4. The van der Waals surface area contributed by atoms with Gasteiger partial charge in [-0.05, 0) is 27.7 Å². The number of hydrogen-bond acceptors (Lipinski definition) is 6. The molecule has 0 aliphatic heterocycles. The van der Waals surface area contributed by atoms with Crippen molar-refractivity contribution in [3.8, 4) is 0 Å². The van der Waals surface area contributed by atoms with Gasteiger partial charge in [0.1, 0.15) is 12.6 Å². The van der Waals surface area contributed by atoms with Crippen LogP contribution in [0.5, 0.6) is 0 Å². The molecule has 0 fully saturated rings. The van der Waals surface area contributed by atoms with Gasteiger partial charge in [0, 0.05) is 113 Å². The Morgan fingerprint density at radius 3 is 0.508 bits per heavy atom. The SMILES string of the molecule is C.CC.CC.CC.CC.CC.CC.CC.CC.CC.CC.CC.CC.CC.CC.CCC.CCC(C)=O.CCCC.CCOC.CCOC.CCOCOC.[CH-]=O.[CH2-]C.[CH2-]C.[Y].[Y]. The van der Waals surface area contributed by atoms with Crippen molar-refractivity contribution in [2.24, 2.45) is 0 Å². The average molecular weight is 1090 g/mol. The van der Waals surface area contributed by atoms with Crippen molar-refractivity contribution in [2.45, 2.75) is 303 Å². The van der Waals surface area contributed by atoms with Gasteiger partial charge in [-0.2, -0.15) is 13.8 Å². The number of unbranched alkanes of at least 4 members (excludes halogenated alkanes) is 1. The summed E-state index contributed by atoms with van der Waals surface area (Å²) in [4.78, 5) is 17.6. The molecule has 0 saturated carbocycles. The number of hydrogen-bond donors (Lipinski definition) is 0. The van der Waals surface area contributed by atoms with Gasteiger partial charge in [0.15, 0.2) is 0 Å². The molecule has 0 spiro atoms. The molecule has 8 heteroatoms. The molecule has 0 aromatic heterocycles. The van der Waals surface area contributed by atoms with Gasteiger partial charge in [-0.15, -0.1) is 0 Å². The standard InChI is InChI=1S/C4H10O2.C4H8O.C4H10.2C3H8O.C3H8.14C2H6.2C2H5.CHO.CH4.2Y/c1-3-6-4-5-2;1-3-4(2)5;3*1-3-4-2;1-3-2;17*1-2;;;/h3-4H2,1-2H3;3H2,1-2H3;3-4H2,1-2H3;2*3H2,1-2H3;3H2,1-2H3;14*1-2H3;2*1H2,2H3;1H;1H4;;/q;;;;;;;;;;;;;;;;;;;;3*-1;;;. The second-order valence-electron chi connectivity index (χ2n) is 4.82. The van der Waals surface area contributed by atoms with Gasteiger partial charge >= 0.3 is 0 Å². The number of Topliss-reactive ketones (excluding diaryl/α,β-unsaturated/α-hetero) is 1. The molecule has 0 rings (SSSR count).